The quantitative estimate of drug-likeness (QED) is 0.201. The minimum atomic E-state index is -1.41. The lowest BCUT2D eigenvalue weighted by atomic mass is 9.87. The zero-order chi connectivity index (χ0) is 25.5. The fourth-order valence-electron chi connectivity index (χ4n) is 2.91. The van der Waals surface area contributed by atoms with Crippen LogP contribution in [0.15, 0.2) is 11.0 Å². The monoisotopic (exact) mass is 495 g/mol. The number of carbonyl (C=O) groups is 5. The van der Waals surface area contributed by atoms with Gasteiger partial charge in [0.25, 0.3) is 5.91 Å². The molecule has 1 atom stereocenters. The Hall–Kier alpha value is -3.03. The number of aliphatic hydroxyl groups is 2. The number of aromatic nitrogens is 2. The SMILES string of the molecule is CCNC(=O)c1n[nH]c2c1C(=O)C(SCCNC(=O)CCNC(=O)[C@H](O)C(C)(C)CO)=CC2=O. The first-order valence-electron chi connectivity index (χ1n) is 10.7. The van der Waals surface area contributed by atoms with Crippen LogP contribution in [0.5, 0.6) is 0 Å². The fourth-order valence-corrected chi connectivity index (χ4v) is 3.76. The van der Waals surface area contributed by atoms with Crippen LogP contribution in [0.2, 0.25) is 0 Å². The van der Waals surface area contributed by atoms with Crippen molar-refractivity contribution >= 4 is 41.0 Å². The van der Waals surface area contributed by atoms with Crippen molar-refractivity contribution < 1.29 is 34.2 Å². The molecular weight excluding hydrogens is 466 g/mol. The molecule has 3 amide bonds. The average Bonchev–Trinajstić information content (AvgIpc) is 3.25. The molecular formula is C21H29N5O7S. The number of amides is 3. The highest BCUT2D eigenvalue weighted by molar-refractivity contribution is 8.04. The van der Waals surface area contributed by atoms with Crippen molar-refractivity contribution in [2.45, 2.75) is 33.3 Å². The number of allylic oxidation sites excluding steroid dienone is 2. The minimum Gasteiger partial charge on any atom is -0.396 e. The second-order valence-electron chi connectivity index (χ2n) is 8.17. The van der Waals surface area contributed by atoms with E-state index in [2.05, 4.69) is 26.1 Å². The molecule has 13 heteroatoms. The van der Waals surface area contributed by atoms with Gasteiger partial charge in [0.05, 0.1) is 17.1 Å². The van der Waals surface area contributed by atoms with Crippen LogP contribution in [0.4, 0.5) is 0 Å². The van der Waals surface area contributed by atoms with Gasteiger partial charge in [-0.15, -0.1) is 11.8 Å². The molecule has 0 unspecified atom stereocenters. The van der Waals surface area contributed by atoms with Crippen LogP contribution in [-0.4, -0.2) is 87.8 Å². The maximum Gasteiger partial charge on any atom is 0.272 e. The van der Waals surface area contributed by atoms with Crippen molar-refractivity contribution in [2.75, 3.05) is 32.0 Å². The number of aliphatic hydroxyl groups excluding tert-OH is 2. The Bertz CT molecular complexity index is 1000. The number of carbonyl (C=O) groups excluding carboxylic acids is 5. The zero-order valence-corrected chi connectivity index (χ0v) is 20.0. The number of hydrogen-bond acceptors (Lipinski definition) is 9. The summed E-state index contributed by atoms with van der Waals surface area (Å²) in [5.74, 6) is -2.26. The first-order valence-corrected chi connectivity index (χ1v) is 11.7. The van der Waals surface area contributed by atoms with Crippen molar-refractivity contribution in [3.8, 4) is 0 Å². The zero-order valence-electron chi connectivity index (χ0n) is 19.2. The molecule has 0 bridgehead atoms. The van der Waals surface area contributed by atoms with E-state index in [1.165, 1.54) is 19.9 Å². The molecule has 1 aromatic rings. The lowest BCUT2D eigenvalue weighted by molar-refractivity contribution is -0.137. The number of thioether (sulfide) groups is 1. The van der Waals surface area contributed by atoms with Gasteiger partial charge in [-0.05, 0) is 6.92 Å². The van der Waals surface area contributed by atoms with E-state index in [1.807, 2.05) is 0 Å². The summed E-state index contributed by atoms with van der Waals surface area (Å²) in [7, 11) is 0. The van der Waals surface area contributed by atoms with Gasteiger partial charge in [0.1, 0.15) is 11.8 Å². The van der Waals surface area contributed by atoms with Gasteiger partial charge in [0, 0.05) is 43.3 Å². The molecule has 0 aromatic carbocycles. The molecule has 1 heterocycles. The van der Waals surface area contributed by atoms with E-state index in [-0.39, 0.29) is 59.6 Å². The van der Waals surface area contributed by atoms with E-state index in [0.29, 0.717) is 6.54 Å². The van der Waals surface area contributed by atoms with Crippen LogP contribution in [0, 0.1) is 5.41 Å². The summed E-state index contributed by atoms with van der Waals surface area (Å²) in [6.45, 7) is 4.95. The number of H-pyrrole nitrogens is 1. The van der Waals surface area contributed by atoms with Crippen molar-refractivity contribution in [1.82, 2.24) is 26.1 Å². The smallest absolute Gasteiger partial charge is 0.272 e. The summed E-state index contributed by atoms with van der Waals surface area (Å²) in [6.07, 6.45) is -0.270. The number of hydrogen-bond donors (Lipinski definition) is 6. The van der Waals surface area contributed by atoms with Crippen LogP contribution >= 0.6 is 11.8 Å². The van der Waals surface area contributed by atoms with Gasteiger partial charge in [-0.1, -0.05) is 13.8 Å². The molecule has 186 valence electrons. The van der Waals surface area contributed by atoms with E-state index in [4.69, 9.17) is 0 Å². The van der Waals surface area contributed by atoms with E-state index < -0.39 is 34.9 Å². The summed E-state index contributed by atoms with van der Waals surface area (Å²) in [6, 6.07) is 0. The van der Waals surface area contributed by atoms with Gasteiger partial charge < -0.3 is 26.2 Å². The van der Waals surface area contributed by atoms with Gasteiger partial charge in [-0.3, -0.25) is 29.1 Å². The summed E-state index contributed by atoms with van der Waals surface area (Å²) in [5, 5.41) is 33.0. The predicted octanol–water partition coefficient (Wildman–Crippen LogP) is -0.843. The first kappa shape index (κ1) is 27.2. The van der Waals surface area contributed by atoms with Crippen LogP contribution in [0.1, 0.15) is 58.5 Å². The second-order valence-corrected chi connectivity index (χ2v) is 9.31. The minimum absolute atomic E-state index is 0.000383. The van der Waals surface area contributed by atoms with Crippen LogP contribution in [-0.2, 0) is 9.59 Å². The van der Waals surface area contributed by atoms with E-state index in [1.54, 1.807) is 6.92 Å². The van der Waals surface area contributed by atoms with Crippen molar-refractivity contribution in [2.24, 2.45) is 5.41 Å². The van der Waals surface area contributed by atoms with Crippen molar-refractivity contribution in [3.63, 3.8) is 0 Å². The van der Waals surface area contributed by atoms with Crippen LogP contribution in [0.3, 0.4) is 0 Å². The van der Waals surface area contributed by atoms with Gasteiger partial charge >= 0.3 is 0 Å². The van der Waals surface area contributed by atoms with Gasteiger partial charge in [-0.2, -0.15) is 5.10 Å². The highest BCUT2D eigenvalue weighted by Crippen LogP contribution is 2.29. The molecule has 0 saturated heterocycles. The molecule has 0 radical (unpaired) electrons. The fraction of sp³-hybridized carbons (Fsp3) is 0.524. The van der Waals surface area contributed by atoms with Crippen LogP contribution in [0.25, 0.3) is 0 Å². The van der Waals surface area contributed by atoms with E-state index in [9.17, 15) is 34.2 Å². The highest BCUT2D eigenvalue weighted by atomic mass is 32.2. The molecule has 0 fully saturated rings. The number of rotatable bonds is 12. The molecule has 0 spiro atoms. The molecule has 2 rings (SSSR count). The largest absolute Gasteiger partial charge is 0.396 e. The third-order valence-electron chi connectivity index (χ3n) is 5.01. The van der Waals surface area contributed by atoms with Gasteiger partial charge in [0.2, 0.25) is 23.4 Å². The average molecular weight is 496 g/mol. The summed E-state index contributed by atoms with van der Waals surface area (Å²) >= 11 is 1.07. The highest BCUT2D eigenvalue weighted by Gasteiger charge is 2.34. The summed E-state index contributed by atoms with van der Waals surface area (Å²) in [4.78, 5) is 61.2. The lowest BCUT2D eigenvalue weighted by Crippen LogP contribution is -2.46. The Morgan fingerprint density at radius 1 is 1.18 bits per heavy atom. The number of nitrogens with one attached hydrogen (secondary N) is 4. The van der Waals surface area contributed by atoms with E-state index >= 15 is 0 Å². The summed E-state index contributed by atoms with van der Waals surface area (Å²) < 4.78 is 0. The van der Waals surface area contributed by atoms with Gasteiger partial charge in [0.15, 0.2) is 5.69 Å². The molecule has 6 N–H and O–H groups in total. The standard InChI is InChI=1S/C21H29N5O7S/c1-4-22-19(32)16-14-15(25-26-16)11(28)9-12(17(14)30)34-8-7-23-13(29)5-6-24-20(33)18(31)21(2,3)10-27/h9,18,27,31H,4-8,10H2,1-3H3,(H,22,32)(H,23,29)(H,24,33)(H,25,26)/t18-/m0/s1. The molecule has 1 aliphatic carbocycles. The maximum atomic E-state index is 12.8. The summed E-state index contributed by atoms with van der Waals surface area (Å²) in [5.41, 5.74) is -1.23. The first-order chi connectivity index (χ1) is 16.0. The molecule has 1 aromatic heterocycles. The molecule has 12 nitrogen and oxygen atoms in total. The Morgan fingerprint density at radius 3 is 2.53 bits per heavy atom. The molecule has 0 saturated carbocycles. The Balaban J connectivity index is 1.79. The third kappa shape index (κ3) is 6.52. The molecule has 0 aliphatic heterocycles. The number of fused-ring (bicyclic) bond motifs is 1. The Labute approximate surface area is 200 Å². The maximum absolute atomic E-state index is 12.8. The van der Waals surface area contributed by atoms with Crippen molar-refractivity contribution in [3.05, 3.63) is 27.9 Å². The predicted molar refractivity (Wildman–Crippen MR) is 123 cm³/mol. The van der Waals surface area contributed by atoms with Crippen LogP contribution < -0.4 is 16.0 Å². The number of nitrogens with zero attached hydrogens (tertiary/aromatic N) is 1. The van der Waals surface area contributed by atoms with E-state index in [0.717, 1.165) is 11.8 Å². The number of ketones is 2. The second kappa shape index (κ2) is 11.9. The molecule has 34 heavy (non-hydrogen) atoms. The topological polar surface area (TPSA) is 191 Å². The third-order valence-corrected chi connectivity index (χ3v) is 6.03. The number of aromatic amines is 1. The molecule has 1 aliphatic rings. The Morgan fingerprint density at radius 2 is 1.88 bits per heavy atom. The van der Waals surface area contributed by atoms with Crippen molar-refractivity contribution in [1.29, 1.82) is 0 Å². The van der Waals surface area contributed by atoms with Gasteiger partial charge in [-0.25, -0.2) is 0 Å². The Kier molecular flexibility index (Phi) is 9.53. The normalized spacial score (nSPS) is 14.2. The number of Topliss-reactive ketones (excluding diaryl/α,β-unsaturated/α-hetero) is 1. The lowest BCUT2D eigenvalue weighted by Gasteiger charge is -2.27.